The largest absolute Gasteiger partial charge is 0.492 e. The van der Waals surface area contributed by atoms with E-state index in [2.05, 4.69) is 10.3 Å². The Morgan fingerprint density at radius 1 is 1.14 bits per heavy atom. The summed E-state index contributed by atoms with van der Waals surface area (Å²) in [5.74, 6) is 0.466. The van der Waals surface area contributed by atoms with E-state index in [1.807, 2.05) is 31.2 Å². The highest BCUT2D eigenvalue weighted by molar-refractivity contribution is 6.30. The number of nitrogens with one attached hydrogen (secondary N) is 1. The van der Waals surface area contributed by atoms with Gasteiger partial charge in [0.15, 0.2) is 0 Å². The molecule has 2 aromatic carbocycles. The summed E-state index contributed by atoms with van der Waals surface area (Å²) in [5.41, 5.74) is 2.17. The molecule has 144 valence electrons. The molecule has 6 nitrogen and oxygen atoms in total. The van der Waals surface area contributed by atoms with Crippen LogP contribution in [-0.2, 0) is 11.3 Å². The van der Waals surface area contributed by atoms with Gasteiger partial charge in [-0.05, 0) is 31.2 Å². The van der Waals surface area contributed by atoms with Crippen LogP contribution >= 0.6 is 11.6 Å². The number of nitrogens with zero attached hydrogens (tertiary/aromatic N) is 2. The van der Waals surface area contributed by atoms with E-state index in [1.165, 1.54) is 17.0 Å². The van der Waals surface area contributed by atoms with Gasteiger partial charge in [-0.1, -0.05) is 41.4 Å². The smallest absolute Gasteiger partial charge is 0.254 e. The second-order valence-electron chi connectivity index (χ2n) is 6.26. The van der Waals surface area contributed by atoms with Crippen molar-refractivity contribution < 1.29 is 9.53 Å². The van der Waals surface area contributed by atoms with Gasteiger partial charge in [0.1, 0.15) is 18.9 Å². The Morgan fingerprint density at radius 2 is 1.86 bits per heavy atom. The molecule has 0 saturated heterocycles. The number of hydrogen-bond acceptors (Lipinski definition) is 4. The highest BCUT2D eigenvalue weighted by Gasteiger charge is 2.07. The van der Waals surface area contributed by atoms with Crippen molar-refractivity contribution in [1.82, 2.24) is 14.9 Å². The number of carbonyl (C=O) groups is 1. The van der Waals surface area contributed by atoms with Crippen LogP contribution in [0.3, 0.4) is 0 Å². The molecule has 7 heteroatoms. The predicted molar refractivity (Wildman–Crippen MR) is 109 cm³/mol. The second-order valence-corrected chi connectivity index (χ2v) is 6.70. The van der Waals surface area contributed by atoms with Gasteiger partial charge in [0.25, 0.3) is 5.56 Å². The lowest BCUT2D eigenvalue weighted by atomic mass is 10.1. The summed E-state index contributed by atoms with van der Waals surface area (Å²) in [7, 11) is 0. The predicted octanol–water partition coefficient (Wildman–Crippen LogP) is 3.07. The molecular weight excluding hydrogens is 378 g/mol. The number of ether oxygens (including phenoxy) is 1. The maximum Gasteiger partial charge on any atom is 0.254 e. The minimum Gasteiger partial charge on any atom is -0.492 e. The molecule has 28 heavy (non-hydrogen) atoms. The summed E-state index contributed by atoms with van der Waals surface area (Å²) in [6.45, 7) is 2.59. The molecule has 0 aliphatic carbocycles. The molecule has 0 bridgehead atoms. The first-order valence-corrected chi connectivity index (χ1v) is 9.18. The van der Waals surface area contributed by atoms with Crippen LogP contribution in [0.15, 0.2) is 65.7 Å². The van der Waals surface area contributed by atoms with Crippen molar-refractivity contribution in [2.24, 2.45) is 0 Å². The minimum atomic E-state index is -0.300. The van der Waals surface area contributed by atoms with E-state index in [1.54, 1.807) is 24.3 Å². The molecule has 1 amide bonds. The Hall–Kier alpha value is -3.12. The van der Waals surface area contributed by atoms with Crippen LogP contribution in [0, 0.1) is 6.92 Å². The van der Waals surface area contributed by atoms with Gasteiger partial charge >= 0.3 is 0 Å². The van der Waals surface area contributed by atoms with E-state index < -0.39 is 0 Å². The zero-order chi connectivity index (χ0) is 19.9. The number of carbonyl (C=O) groups excluding carboxylic acids is 1. The number of hydrogen-bond donors (Lipinski definition) is 1. The first kappa shape index (κ1) is 19.6. The first-order chi connectivity index (χ1) is 13.5. The molecule has 0 unspecified atom stereocenters. The van der Waals surface area contributed by atoms with E-state index in [9.17, 15) is 9.59 Å². The first-order valence-electron chi connectivity index (χ1n) is 8.80. The number of aromatic nitrogens is 2. The zero-order valence-corrected chi connectivity index (χ0v) is 16.1. The highest BCUT2D eigenvalue weighted by atomic mass is 35.5. The van der Waals surface area contributed by atoms with E-state index in [-0.39, 0.29) is 18.0 Å². The van der Waals surface area contributed by atoms with E-state index in [4.69, 9.17) is 16.3 Å². The normalized spacial score (nSPS) is 10.5. The lowest BCUT2D eigenvalue weighted by molar-refractivity contribution is -0.121. The van der Waals surface area contributed by atoms with Crippen LogP contribution in [-0.4, -0.2) is 28.6 Å². The third-order valence-electron chi connectivity index (χ3n) is 4.05. The SMILES string of the molecule is Cc1ccc(OCCNC(=O)Cn2cnc(-c3ccc(Cl)cc3)cc2=O)cc1. The van der Waals surface area contributed by atoms with E-state index >= 15 is 0 Å². The van der Waals surface area contributed by atoms with Crippen molar-refractivity contribution in [2.45, 2.75) is 13.5 Å². The second kappa shape index (κ2) is 9.19. The van der Waals surface area contributed by atoms with Gasteiger partial charge in [0.2, 0.25) is 5.91 Å². The lowest BCUT2D eigenvalue weighted by Gasteiger charge is -2.09. The van der Waals surface area contributed by atoms with E-state index in [0.717, 1.165) is 16.9 Å². The summed E-state index contributed by atoms with van der Waals surface area (Å²) in [6.07, 6.45) is 1.37. The molecule has 1 heterocycles. The summed E-state index contributed by atoms with van der Waals surface area (Å²) in [6, 6.07) is 16.1. The maximum absolute atomic E-state index is 12.3. The van der Waals surface area contributed by atoms with Crippen molar-refractivity contribution in [3.8, 4) is 17.0 Å². The van der Waals surface area contributed by atoms with Crippen LogP contribution in [0.1, 0.15) is 5.56 Å². The minimum absolute atomic E-state index is 0.0999. The third-order valence-corrected chi connectivity index (χ3v) is 4.30. The molecule has 3 rings (SSSR count). The van der Waals surface area contributed by atoms with Gasteiger partial charge in [-0.2, -0.15) is 0 Å². The number of aryl methyl sites for hydroxylation is 1. The number of amides is 1. The Bertz CT molecular complexity index is 999. The van der Waals surface area contributed by atoms with Gasteiger partial charge in [-0.15, -0.1) is 0 Å². The van der Waals surface area contributed by atoms with Gasteiger partial charge in [0.05, 0.1) is 18.6 Å². The van der Waals surface area contributed by atoms with Gasteiger partial charge in [-0.3, -0.25) is 14.2 Å². The molecule has 0 atom stereocenters. The third kappa shape index (κ3) is 5.44. The van der Waals surface area contributed by atoms with Crippen LogP contribution in [0.25, 0.3) is 11.3 Å². The molecule has 0 saturated carbocycles. The number of rotatable bonds is 7. The van der Waals surface area contributed by atoms with Crippen molar-refractivity contribution in [1.29, 1.82) is 0 Å². The summed E-state index contributed by atoms with van der Waals surface area (Å²) in [5, 5.41) is 3.34. The summed E-state index contributed by atoms with van der Waals surface area (Å²) < 4.78 is 6.81. The number of benzene rings is 2. The van der Waals surface area contributed by atoms with Gasteiger partial charge in [0, 0.05) is 16.7 Å². The van der Waals surface area contributed by atoms with E-state index in [0.29, 0.717) is 23.9 Å². The average Bonchev–Trinajstić information content (AvgIpc) is 2.69. The fraction of sp³-hybridized carbons (Fsp3) is 0.190. The van der Waals surface area contributed by atoms with Crippen LogP contribution in [0.2, 0.25) is 5.02 Å². The fourth-order valence-corrected chi connectivity index (χ4v) is 2.65. The summed E-state index contributed by atoms with van der Waals surface area (Å²) >= 11 is 5.87. The Labute approximate surface area is 167 Å². The average molecular weight is 398 g/mol. The summed E-state index contributed by atoms with van der Waals surface area (Å²) in [4.78, 5) is 28.5. The van der Waals surface area contributed by atoms with Crippen molar-refractivity contribution in [3.63, 3.8) is 0 Å². The molecule has 3 aromatic rings. The van der Waals surface area contributed by atoms with Crippen molar-refractivity contribution >= 4 is 17.5 Å². The number of halogens is 1. The molecule has 0 fully saturated rings. The highest BCUT2D eigenvalue weighted by Crippen LogP contribution is 2.17. The molecule has 0 spiro atoms. The molecule has 1 aromatic heterocycles. The zero-order valence-electron chi connectivity index (χ0n) is 15.4. The topological polar surface area (TPSA) is 73.2 Å². The van der Waals surface area contributed by atoms with Crippen molar-refractivity contribution in [2.75, 3.05) is 13.2 Å². The molecule has 0 aliphatic heterocycles. The Kier molecular flexibility index (Phi) is 6.45. The lowest BCUT2D eigenvalue weighted by Crippen LogP contribution is -2.34. The molecular formula is C21H20ClN3O3. The molecule has 1 N–H and O–H groups in total. The maximum atomic E-state index is 12.3. The van der Waals surface area contributed by atoms with Crippen LogP contribution < -0.4 is 15.6 Å². The molecule has 0 aliphatic rings. The van der Waals surface area contributed by atoms with Crippen molar-refractivity contribution in [3.05, 3.63) is 81.9 Å². The van der Waals surface area contributed by atoms with Gasteiger partial charge < -0.3 is 10.1 Å². The Morgan fingerprint density at radius 3 is 2.54 bits per heavy atom. The monoisotopic (exact) mass is 397 g/mol. The Balaban J connectivity index is 1.50. The molecule has 0 radical (unpaired) electrons. The quantitative estimate of drug-likeness (QED) is 0.622. The standard InChI is InChI=1S/C21H20ClN3O3/c1-15-2-8-18(9-3-15)28-11-10-23-20(26)13-25-14-24-19(12-21(25)27)16-4-6-17(22)7-5-16/h2-9,12,14H,10-11,13H2,1H3,(H,23,26). The van der Waals surface area contributed by atoms with Crippen LogP contribution in [0.5, 0.6) is 5.75 Å². The van der Waals surface area contributed by atoms with Gasteiger partial charge in [-0.25, -0.2) is 4.98 Å². The van der Waals surface area contributed by atoms with Crippen LogP contribution in [0.4, 0.5) is 0 Å². The fourth-order valence-electron chi connectivity index (χ4n) is 2.53.